The number of nitrogens with two attached hydrogens (primary N) is 4. The van der Waals surface area contributed by atoms with Crippen molar-refractivity contribution < 1.29 is 24.9 Å². The Labute approximate surface area is 107 Å². The van der Waals surface area contributed by atoms with Gasteiger partial charge in [0.1, 0.15) is 6.10 Å². The molecule has 0 aliphatic carbocycles. The molecule has 1 unspecified atom stereocenters. The van der Waals surface area contributed by atoms with Crippen molar-refractivity contribution in [1.29, 1.82) is 0 Å². The number of carbonyl (C=O) groups excluding carboxylic acids is 2. The molecule has 2 amide bonds. The summed E-state index contributed by atoms with van der Waals surface area (Å²) in [7, 11) is 0. The molecule has 0 aliphatic rings. The highest BCUT2D eigenvalue weighted by atomic mass is 16.3. The maximum absolute atomic E-state index is 9.67. The number of rotatable bonds is 3. The minimum absolute atomic E-state index is 0.0972. The lowest BCUT2D eigenvalue weighted by atomic mass is 10.4. The van der Waals surface area contributed by atoms with E-state index in [0.29, 0.717) is 13.1 Å². The largest absolute Gasteiger partial charge is 0.395 e. The SMILES string of the molecule is CC(N)=O.CC(O)C(N)=O.NCCO.NCCO. The Morgan fingerprint density at radius 2 is 1.17 bits per heavy atom. The molecule has 0 spiro atoms. The molecular formula is C9H26N4O5. The van der Waals surface area contributed by atoms with Crippen molar-refractivity contribution in [2.75, 3.05) is 26.3 Å². The molecule has 0 radical (unpaired) electrons. The summed E-state index contributed by atoms with van der Waals surface area (Å²) in [5, 5.41) is 23.7. The number of amides is 2. The lowest BCUT2D eigenvalue weighted by molar-refractivity contribution is -0.125. The number of primary amides is 2. The van der Waals surface area contributed by atoms with E-state index in [-0.39, 0.29) is 19.1 Å². The maximum Gasteiger partial charge on any atom is 0.245 e. The molecule has 0 heterocycles. The Hall–Kier alpha value is -1.26. The number of aliphatic hydroxyl groups excluding tert-OH is 3. The van der Waals surface area contributed by atoms with Crippen LogP contribution in [0.3, 0.4) is 0 Å². The van der Waals surface area contributed by atoms with Crippen molar-refractivity contribution in [3.63, 3.8) is 0 Å². The van der Waals surface area contributed by atoms with Gasteiger partial charge in [-0.15, -0.1) is 0 Å². The second-order valence-electron chi connectivity index (χ2n) is 2.71. The first-order valence-electron chi connectivity index (χ1n) is 5.06. The molecule has 11 N–H and O–H groups in total. The predicted molar refractivity (Wildman–Crippen MR) is 68.0 cm³/mol. The summed E-state index contributed by atoms with van der Waals surface area (Å²) in [6, 6.07) is 0. The van der Waals surface area contributed by atoms with E-state index in [1.165, 1.54) is 13.8 Å². The van der Waals surface area contributed by atoms with E-state index in [0.717, 1.165) is 0 Å². The van der Waals surface area contributed by atoms with Gasteiger partial charge in [0, 0.05) is 20.0 Å². The van der Waals surface area contributed by atoms with Gasteiger partial charge < -0.3 is 38.3 Å². The zero-order chi connectivity index (χ0) is 15.6. The quantitative estimate of drug-likeness (QED) is 0.272. The van der Waals surface area contributed by atoms with Crippen LogP contribution >= 0.6 is 0 Å². The van der Waals surface area contributed by atoms with Gasteiger partial charge in [0.05, 0.1) is 13.2 Å². The van der Waals surface area contributed by atoms with Crippen LogP contribution in [0.15, 0.2) is 0 Å². The van der Waals surface area contributed by atoms with Crippen molar-refractivity contribution >= 4 is 11.8 Å². The maximum atomic E-state index is 9.67. The average Bonchev–Trinajstić information content (AvgIpc) is 2.29. The Bertz CT molecular complexity index is 166. The normalized spacial score (nSPS) is 9.28. The third-order valence-electron chi connectivity index (χ3n) is 0.670. The molecule has 1 atom stereocenters. The molecule has 0 rings (SSSR count). The first-order valence-corrected chi connectivity index (χ1v) is 5.06. The van der Waals surface area contributed by atoms with E-state index in [1.807, 2.05) is 0 Å². The molecule has 0 aromatic rings. The molecular weight excluding hydrogens is 244 g/mol. The minimum Gasteiger partial charge on any atom is -0.395 e. The van der Waals surface area contributed by atoms with Gasteiger partial charge in [-0.05, 0) is 6.92 Å². The van der Waals surface area contributed by atoms with E-state index in [2.05, 4.69) is 11.5 Å². The van der Waals surface area contributed by atoms with Gasteiger partial charge in [0.25, 0.3) is 0 Å². The number of aliphatic hydroxyl groups is 3. The van der Waals surface area contributed by atoms with Crippen molar-refractivity contribution in [2.45, 2.75) is 20.0 Å². The van der Waals surface area contributed by atoms with Crippen molar-refractivity contribution in [3.8, 4) is 0 Å². The lowest BCUT2D eigenvalue weighted by Crippen LogP contribution is -2.24. The molecule has 0 aliphatic heterocycles. The van der Waals surface area contributed by atoms with Gasteiger partial charge in [-0.1, -0.05) is 0 Å². The van der Waals surface area contributed by atoms with Crippen LogP contribution in [0.25, 0.3) is 0 Å². The van der Waals surface area contributed by atoms with E-state index in [4.69, 9.17) is 26.8 Å². The Morgan fingerprint density at radius 1 is 1.06 bits per heavy atom. The van der Waals surface area contributed by atoms with Crippen LogP contribution in [-0.2, 0) is 9.59 Å². The molecule has 0 saturated heterocycles. The third-order valence-corrected chi connectivity index (χ3v) is 0.670. The monoisotopic (exact) mass is 270 g/mol. The predicted octanol–water partition coefficient (Wildman–Crippen LogP) is -3.78. The number of hydrogen-bond acceptors (Lipinski definition) is 7. The highest BCUT2D eigenvalue weighted by molar-refractivity contribution is 5.77. The second-order valence-corrected chi connectivity index (χ2v) is 2.71. The van der Waals surface area contributed by atoms with Crippen LogP contribution in [-0.4, -0.2) is 59.5 Å². The van der Waals surface area contributed by atoms with Crippen LogP contribution in [0.1, 0.15) is 13.8 Å². The average molecular weight is 270 g/mol. The van der Waals surface area contributed by atoms with E-state index < -0.39 is 12.0 Å². The van der Waals surface area contributed by atoms with E-state index >= 15 is 0 Å². The van der Waals surface area contributed by atoms with Crippen LogP contribution in [0.4, 0.5) is 0 Å². The van der Waals surface area contributed by atoms with Crippen LogP contribution in [0.5, 0.6) is 0 Å². The zero-order valence-corrected chi connectivity index (χ0v) is 10.9. The molecule has 0 aromatic carbocycles. The van der Waals surface area contributed by atoms with Crippen molar-refractivity contribution in [2.24, 2.45) is 22.9 Å². The molecule has 112 valence electrons. The fourth-order valence-electron chi connectivity index (χ4n) is 0. The summed E-state index contributed by atoms with van der Waals surface area (Å²) >= 11 is 0. The molecule has 0 aromatic heterocycles. The van der Waals surface area contributed by atoms with Gasteiger partial charge in [-0.25, -0.2) is 0 Å². The summed E-state index contributed by atoms with van der Waals surface area (Å²) < 4.78 is 0. The van der Waals surface area contributed by atoms with Crippen LogP contribution in [0.2, 0.25) is 0 Å². The van der Waals surface area contributed by atoms with Crippen molar-refractivity contribution in [3.05, 3.63) is 0 Å². The lowest BCUT2D eigenvalue weighted by Gasteiger charge is -1.90. The third kappa shape index (κ3) is 124. The van der Waals surface area contributed by atoms with Gasteiger partial charge in [-0.2, -0.15) is 0 Å². The van der Waals surface area contributed by atoms with Gasteiger partial charge in [0.15, 0.2) is 0 Å². The topological polar surface area (TPSA) is 199 Å². The van der Waals surface area contributed by atoms with Crippen molar-refractivity contribution in [1.82, 2.24) is 0 Å². The first kappa shape index (κ1) is 25.6. The fraction of sp³-hybridized carbons (Fsp3) is 0.778. The standard InChI is InChI=1S/C3H7NO2.C2H5NO.2C2H7NO/c1-2(5)3(4)6;1-2(3)4;2*3-1-2-4/h2,5H,1H3,(H2,4,6);1H3,(H2,3,4);2*4H,1-3H2. The highest BCUT2D eigenvalue weighted by Crippen LogP contribution is 1.70. The molecule has 9 nitrogen and oxygen atoms in total. The Morgan fingerprint density at radius 3 is 1.17 bits per heavy atom. The summed E-state index contributed by atoms with van der Waals surface area (Å²) in [6.45, 7) is 3.57. The first-order chi connectivity index (χ1) is 8.20. The summed E-state index contributed by atoms with van der Waals surface area (Å²) in [6.07, 6.45) is -1.01. The summed E-state index contributed by atoms with van der Waals surface area (Å²) in [5.74, 6) is -1.02. The molecule has 18 heavy (non-hydrogen) atoms. The molecule has 0 fully saturated rings. The van der Waals surface area contributed by atoms with Gasteiger partial charge in [-0.3, -0.25) is 9.59 Å². The molecule has 9 heteroatoms. The number of carbonyl (C=O) groups is 2. The Kier molecular flexibility index (Phi) is 35.2. The number of hydrogen-bond donors (Lipinski definition) is 7. The summed E-state index contributed by atoms with van der Waals surface area (Å²) in [5.41, 5.74) is 18.6. The second kappa shape index (κ2) is 24.8. The smallest absolute Gasteiger partial charge is 0.245 e. The summed E-state index contributed by atoms with van der Waals surface area (Å²) in [4.78, 5) is 18.9. The van der Waals surface area contributed by atoms with E-state index in [9.17, 15) is 9.59 Å². The molecule has 0 saturated carbocycles. The van der Waals surface area contributed by atoms with Crippen LogP contribution < -0.4 is 22.9 Å². The molecule has 0 bridgehead atoms. The Balaban J connectivity index is -0.0000000742. The van der Waals surface area contributed by atoms with Crippen LogP contribution in [0, 0.1) is 0 Å². The zero-order valence-electron chi connectivity index (χ0n) is 10.9. The van der Waals surface area contributed by atoms with Gasteiger partial charge in [0.2, 0.25) is 11.8 Å². The minimum atomic E-state index is -1.01. The van der Waals surface area contributed by atoms with E-state index in [1.54, 1.807) is 0 Å². The highest BCUT2D eigenvalue weighted by Gasteiger charge is 1.98. The van der Waals surface area contributed by atoms with Gasteiger partial charge >= 0.3 is 0 Å². The fourth-order valence-corrected chi connectivity index (χ4v) is 0.